The molecule has 0 aromatic heterocycles. The van der Waals surface area contributed by atoms with Gasteiger partial charge in [-0.1, -0.05) is 23.7 Å². The number of halogens is 2. The van der Waals surface area contributed by atoms with Crippen molar-refractivity contribution in [2.45, 2.75) is 25.7 Å². The van der Waals surface area contributed by atoms with E-state index in [4.69, 9.17) is 11.6 Å². The molecule has 0 aliphatic carbocycles. The Labute approximate surface area is 131 Å². The third kappa shape index (κ3) is 6.12. The summed E-state index contributed by atoms with van der Waals surface area (Å²) >= 11 is 5.90. The Balaban J connectivity index is 0.00000200. The Hall–Kier alpha value is -0.770. The average molecular weight is 317 g/mol. The smallest absolute Gasteiger partial charge is 0.224 e. The summed E-state index contributed by atoms with van der Waals surface area (Å²) in [5.74, 6) is 0.784. The maximum atomic E-state index is 11.8. The van der Waals surface area contributed by atoms with Gasteiger partial charge in [0.2, 0.25) is 5.91 Å². The van der Waals surface area contributed by atoms with Gasteiger partial charge in [-0.2, -0.15) is 0 Å². The van der Waals surface area contributed by atoms with Crippen molar-refractivity contribution in [2.75, 3.05) is 19.6 Å². The first-order valence-corrected chi connectivity index (χ1v) is 7.33. The SMILES string of the molecule is Cl.O=C(Cc1cccc(Cl)c1)NCCC1CCCNC1. The zero-order chi connectivity index (χ0) is 13.5. The van der Waals surface area contributed by atoms with Crippen LogP contribution in [-0.4, -0.2) is 25.5 Å². The minimum Gasteiger partial charge on any atom is -0.356 e. The fourth-order valence-electron chi connectivity index (χ4n) is 2.48. The van der Waals surface area contributed by atoms with Crippen molar-refractivity contribution in [1.29, 1.82) is 0 Å². The predicted octanol–water partition coefficient (Wildman–Crippen LogP) is 2.81. The summed E-state index contributed by atoms with van der Waals surface area (Å²) in [6, 6.07) is 7.46. The molecule has 2 N–H and O–H groups in total. The van der Waals surface area contributed by atoms with Crippen molar-refractivity contribution >= 4 is 29.9 Å². The van der Waals surface area contributed by atoms with Gasteiger partial charge in [0, 0.05) is 11.6 Å². The van der Waals surface area contributed by atoms with Crippen molar-refractivity contribution in [2.24, 2.45) is 5.92 Å². The van der Waals surface area contributed by atoms with Gasteiger partial charge in [0.15, 0.2) is 0 Å². The van der Waals surface area contributed by atoms with Crippen molar-refractivity contribution < 1.29 is 4.79 Å². The highest BCUT2D eigenvalue weighted by molar-refractivity contribution is 6.30. The van der Waals surface area contributed by atoms with Crippen LogP contribution < -0.4 is 10.6 Å². The van der Waals surface area contributed by atoms with E-state index in [9.17, 15) is 4.79 Å². The van der Waals surface area contributed by atoms with Gasteiger partial charge in [-0.25, -0.2) is 0 Å². The van der Waals surface area contributed by atoms with Crippen molar-refractivity contribution in [1.82, 2.24) is 10.6 Å². The Morgan fingerprint density at radius 3 is 3.00 bits per heavy atom. The summed E-state index contributed by atoms with van der Waals surface area (Å²) in [7, 11) is 0. The van der Waals surface area contributed by atoms with Crippen molar-refractivity contribution in [3.05, 3.63) is 34.9 Å². The van der Waals surface area contributed by atoms with E-state index in [-0.39, 0.29) is 18.3 Å². The Morgan fingerprint density at radius 1 is 1.45 bits per heavy atom. The molecule has 1 aliphatic heterocycles. The highest BCUT2D eigenvalue weighted by Crippen LogP contribution is 2.13. The second-order valence-corrected chi connectivity index (χ2v) is 5.59. The highest BCUT2D eigenvalue weighted by atomic mass is 35.5. The summed E-state index contributed by atoms with van der Waals surface area (Å²) < 4.78 is 0. The first kappa shape index (κ1) is 17.3. The molecule has 1 saturated heterocycles. The number of nitrogens with one attached hydrogen (secondary N) is 2. The van der Waals surface area contributed by atoms with Crippen molar-refractivity contribution in [3.63, 3.8) is 0 Å². The summed E-state index contributed by atoms with van der Waals surface area (Å²) in [6.07, 6.45) is 4.00. The van der Waals surface area contributed by atoms with Gasteiger partial charge in [0.25, 0.3) is 0 Å². The summed E-state index contributed by atoms with van der Waals surface area (Å²) in [5.41, 5.74) is 0.962. The van der Waals surface area contributed by atoms with Gasteiger partial charge in [-0.15, -0.1) is 12.4 Å². The molecule has 1 unspecified atom stereocenters. The third-order valence-corrected chi connectivity index (χ3v) is 3.76. The van der Waals surface area contributed by atoms with E-state index in [2.05, 4.69) is 10.6 Å². The molecule has 1 amide bonds. The van der Waals surface area contributed by atoms with Crippen LogP contribution in [0.1, 0.15) is 24.8 Å². The van der Waals surface area contributed by atoms with E-state index >= 15 is 0 Å². The molecule has 2 rings (SSSR count). The molecule has 1 heterocycles. The van der Waals surface area contributed by atoms with Crippen LogP contribution in [0.4, 0.5) is 0 Å². The zero-order valence-electron chi connectivity index (χ0n) is 11.5. The highest BCUT2D eigenvalue weighted by Gasteiger charge is 2.12. The van der Waals surface area contributed by atoms with Crippen LogP contribution in [-0.2, 0) is 11.2 Å². The van der Waals surface area contributed by atoms with E-state index in [0.29, 0.717) is 17.4 Å². The molecule has 5 heteroatoms. The maximum absolute atomic E-state index is 11.8. The van der Waals surface area contributed by atoms with Crippen LogP contribution >= 0.6 is 24.0 Å². The number of carbonyl (C=O) groups excluding carboxylic acids is 1. The van der Waals surface area contributed by atoms with E-state index in [1.165, 1.54) is 12.8 Å². The van der Waals surface area contributed by atoms with E-state index in [1.807, 2.05) is 24.3 Å². The van der Waals surface area contributed by atoms with E-state index < -0.39 is 0 Å². The number of hydrogen-bond acceptors (Lipinski definition) is 2. The lowest BCUT2D eigenvalue weighted by molar-refractivity contribution is -0.120. The summed E-state index contributed by atoms with van der Waals surface area (Å²) in [4.78, 5) is 11.8. The molecular weight excluding hydrogens is 295 g/mol. The molecule has 1 aliphatic rings. The Kier molecular flexibility index (Phi) is 7.97. The maximum Gasteiger partial charge on any atom is 0.224 e. The Bertz CT molecular complexity index is 420. The van der Waals surface area contributed by atoms with Crippen LogP contribution in [0.3, 0.4) is 0 Å². The van der Waals surface area contributed by atoms with Gasteiger partial charge < -0.3 is 10.6 Å². The van der Waals surface area contributed by atoms with E-state index in [1.54, 1.807) is 0 Å². The second-order valence-electron chi connectivity index (χ2n) is 5.16. The summed E-state index contributed by atoms with van der Waals surface area (Å²) in [5, 5.41) is 7.06. The molecule has 0 saturated carbocycles. The normalized spacial score (nSPS) is 18.1. The van der Waals surface area contributed by atoms with Gasteiger partial charge in [-0.3, -0.25) is 4.79 Å². The van der Waals surface area contributed by atoms with Gasteiger partial charge in [-0.05, 0) is 56.0 Å². The number of rotatable bonds is 5. The number of piperidine rings is 1. The number of carbonyl (C=O) groups is 1. The average Bonchev–Trinajstić information content (AvgIpc) is 2.40. The molecule has 1 atom stereocenters. The first-order valence-electron chi connectivity index (χ1n) is 6.96. The van der Waals surface area contributed by atoms with Crippen molar-refractivity contribution in [3.8, 4) is 0 Å². The topological polar surface area (TPSA) is 41.1 Å². The second kappa shape index (κ2) is 9.22. The molecule has 112 valence electrons. The number of hydrogen-bond donors (Lipinski definition) is 2. The minimum absolute atomic E-state index is 0. The fourth-order valence-corrected chi connectivity index (χ4v) is 2.69. The lowest BCUT2D eigenvalue weighted by atomic mass is 9.96. The minimum atomic E-state index is 0. The van der Waals surface area contributed by atoms with Crippen LogP contribution in [0.15, 0.2) is 24.3 Å². The molecule has 0 bridgehead atoms. The molecule has 0 radical (unpaired) electrons. The monoisotopic (exact) mass is 316 g/mol. The van der Waals surface area contributed by atoms with Gasteiger partial charge >= 0.3 is 0 Å². The number of benzene rings is 1. The van der Waals surface area contributed by atoms with Crippen LogP contribution in [0, 0.1) is 5.92 Å². The predicted molar refractivity (Wildman–Crippen MR) is 85.6 cm³/mol. The fraction of sp³-hybridized carbons (Fsp3) is 0.533. The van der Waals surface area contributed by atoms with Crippen LogP contribution in [0.25, 0.3) is 0 Å². The Morgan fingerprint density at radius 2 is 2.30 bits per heavy atom. The third-order valence-electron chi connectivity index (χ3n) is 3.53. The standard InChI is InChI=1S/C15H21ClN2O.ClH/c16-14-5-1-3-13(9-14)10-15(19)18-8-6-12-4-2-7-17-11-12;/h1,3,5,9,12,17H,2,4,6-8,10-11H2,(H,18,19);1H. The molecule has 1 aromatic rings. The largest absolute Gasteiger partial charge is 0.356 e. The zero-order valence-corrected chi connectivity index (χ0v) is 13.1. The molecular formula is C15H22Cl2N2O. The molecule has 20 heavy (non-hydrogen) atoms. The first-order chi connectivity index (χ1) is 9.24. The molecule has 1 aromatic carbocycles. The number of amides is 1. The van der Waals surface area contributed by atoms with Gasteiger partial charge in [0.05, 0.1) is 6.42 Å². The lowest BCUT2D eigenvalue weighted by Gasteiger charge is -2.22. The summed E-state index contributed by atoms with van der Waals surface area (Å²) in [6.45, 7) is 2.99. The van der Waals surface area contributed by atoms with E-state index in [0.717, 1.165) is 31.6 Å². The van der Waals surface area contributed by atoms with Gasteiger partial charge in [0.1, 0.15) is 0 Å². The molecule has 3 nitrogen and oxygen atoms in total. The van der Waals surface area contributed by atoms with Crippen LogP contribution in [0.5, 0.6) is 0 Å². The quantitative estimate of drug-likeness (QED) is 0.877. The van der Waals surface area contributed by atoms with Crippen LogP contribution in [0.2, 0.25) is 5.02 Å². The lowest BCUT2D eigenvalue weighted by Crippen LogP contribution is -2.33. The molecule has 1 fully saturated rings. The molecule has 0 spiro atoms.